The lowest BCUT2D eigenvalue weighted by Gasteiger charge is -2.25. The summed E-state index contributed by atoms with van der Waals surface area (Å²) in [6, 6.07) is 7.66. The molecule has 0 aromatic heterocycles. The molecule has 1 N–H and O–H groups in total. The number of halogens is 1. The molecule has 84 valence electrons. The van der Waals surface area contributed by atoms with Gasteiger partial charge in [0.1, 0.15) is 0 Å². The van der Waals surface area contributed by atoms with E-state index in [-0.39, 0.29) is 19.0 Å². The summed E-state index contributed by atoms with van der Waals surface area (Å²) in [6.45, 7) is 0.630. The highest BCUT2D eigenvalue weighted by Crippen LogP contribution is 2.19. The molecule has 1 heterocycles. The van der Waals surface area contributed by atoms with Gasteiger partial charge in [-0.15, -0.1) is 12.4 Å². The Morgan fingerprint density at radius 2 is 1.80 bits per heavy atom. The van der Waals surface area contributed by atoms with Gasteiger partial charge in [-0.2, -0.15) is 12.7 Å². The largest absolute Gasteiger partial charge is 0.336 e. The van der Waals surface area contributed by atoms with Crippen LogP contribution in [-0.2, 0) is 23.3 Å². The maximum Gasteiger partial charge on any atom is 0.336 e. The fraction of sp³-hybridized carbons (Fsp3) is 0.333. The number of benzene rings is 1. The van der Waals surface area contributed by atoms with Crippen molar-refractivity contribution in [1.29, 1.82) is 0 Å². The first-order valence-electron chi connectivity index (χ1n) is 4.37. The van der Waals surface area contributed by atoms with E-state index in [2.05, 4.69) is 0 Å². The van der Waals surface area contributed by atoms with Crippen molar-refractivity contribution in [2.45, 2.75) is 13.0 Å². The highest BCUT2D eigenvalue weighted by atomic mass is 35.5. The first-order valence-corrected chi connectivity index (χ1v) is 5.76. The van der Waals surface area contributed by atoms with E-state index in [0.29, 0.717) is 13.0 Å². The van der Waals surface area contributed by atoms with Crippen LogP contribution < -0.4 is 0 Å². The smallest absolute Gasteiger partial charge is 0.273 e. The molecule has 0 spiro atoms. The average molecular weight is 250 g/mol. The molecular weight excluding hydrogens is 238 g/mol. The van der Waals surface area contributed by atoms with Gasteiger partial charge in [-0.05, 0) is 17.5 Å². The summed E-state index contributed by atoms with van der Waals surface area (Å²) in [7, 11) is -4.04. The summed E-state index contributed by atoms with van der Waals surface area (Å²) in [4.78, 5) is 0. The predicted molar refractivity (Wildman–Crippen MR) is 59.4 cm³/mol. The Morgan fingerprint density at radius 1 is 1.20 bits per heavy atom. The van der Waals surface area contributed by atoms with Gasteiger partial charge < -0.3 is 0 Å². The molecule has 4 nitrogen and oxygen atoms in total. The Balaban J connectivity index is 0.00000112. The Hall–Kier alpha value is -0.620. The van der Waals surface area contributed by atoms with E-state index < -0.39 is 10.3 Å². The van der Waals surface area contributed by atoms with Crippen LogP contribution in [0.3, 0.4) is 0 Å². The second kappa shape index (κ2) is 4.49. The number of fused-ring (bicyclic) bond motifs is 1. The van der Waals surface area contributed by atoms with Gasteiger partial charge in [-0.3, -0.25) is 4.55 Å². The van der Waals surface area contributed by atoms with E-state index in [1.54, 1.807) is 0 Å². The predicted octanol–water partition coefficient (Wildman–Crippen LogP) is 1.27. The molecule has 0 unspecified atom stereocenters. The highest BCUT2D eigenvalue weighted by Gasteiger charge is 2.23. The monoisotopic (exact) mass is 249 g/mol. The molecule has 1 aromatic rings. The maximum absolute atomic E-state index is 10.9. The third-order valence-corrected chi connectivity index (χ3v) is 3.39. The fourth-order valence-corrected chi connectivity index (χ4v) is 2.29. The Kier molecular flexibility index (Phi) is 3.72. The third-order valence-electron chi connectivity index (χ3n) is 2.42. The van der Waals surface area contributed by atoms with Gasteiger partial charge in [0, 0.05) is 13.1 Å². The van der Waals surface area contributed by atoms with Crippen LogP contribution >= 0.6 is 12.4 Å². The van der Waals surface area contributed by atoms with E-state index in [1.165, 1.54) is 0 Å². The quantitative estimate of drug-likeness (QED) is 0.763. The number of hydrogen-bond acceptors (Lipinski definition) is 2. The molecule has 6 heteroatoms. The van der Waals surface area contributed by atoms with Crippen molar-refractivity contribution in [3.8, 4) is 0 Å². The zero-order chi connectivity index (χ0) is 10.2. The molecule has 0 bridgehead atoms. The molecule has 0 saturated carbocycles. The molecule has 0 saturated heterocycles. The van der Waals surface area contributed by atoms with Gasteiger partial charge in [0.15, 0.2) is 0 Å². The van der Waals surface area contributed by atoms with Crippen LogP contribution in [0, 0.1) is 0 Å². The molecule has 1 aliphatic rings. The van der Waals surface area contributed by atoms with E-state index in [9.17, 15) is 8.42 Å². The molecule has 2 rings (SSSR count). The van der Waals surface area contributed by atoms with Crippen LogP contribution in [0.15, 0.2) is 24.3 Å². The van der Waals surface area contributed by atoms with Crippen LogP contribution in [0.5, 0.6) is 0 Å². The summed E-state index contributed by atoms with van der Waals surface area (Å²) in [6.07, 6.45) is 0.663. The molecule has 15 heavy (non-hydrogen) atoms. The van der Waals surface area contributed by atoms with E-state index in [4.69, 9.17) is 4.55 Å². The lowest BCUT2D eigenvalue weighted by Crippen LogP contribution is -2.35. The number of nitrogens with zero attached hydrogens (tertiary/aromatic N) is 1. The zero-order valence-corrected chi connectivity index (χ0v) is 9.59. The first kappa shape index (κ1) is 12.4. The van der Waals surface area contributed by atoms with Gasteiger partial charge in [0.2, 0.25) is 0 Å². The summed E-state index contributed by atoms with van der Waals surface area (Å²) in [5.41, 5.74) is 2.13. The maximum atomic E-state index is 10.9. The van der Waals surface area contributed by atoms with Crippen molar-refractivity contribution in [2.75, 3.05) is 6.54 Å². The minimum Gasteiger partial charge on any atom is -0.273 e. The second-order valence-corrected chi connectivity index (χ2v) is 4.74. The van der Waals surface area contributed by atoms with E-state index >= 15 is 0 Å². The summed E-state index contributed by atoms with van der Waals surface area (Å²) in [5, 5.41) is 0. The molecule has 1 aromatic carbocycles. The molecule has 0 atom stereocenters. The average Bonchev–Trinajstić information content (AvgIpc) is 2.16. The van der Waals surface area contributed by atoms with Crippen LogP contribution in [0.25, 0.3) is 0 Å². The zero-order valence-electron chi connectivity index (χ0n) is 7.96. The van der Waals surface area contributed by atoms with Crippen LogP contribution in [0.1, 0.15) is 11.1 Å². The molecular formula is C9H12ClNO3S. The van der Waals surface area contributed by atoms with Crippen LogP contribution in [0.2, 0.25) is 0 Å². The summed E-state index contributed by atoms with van der Waals surface area (Å²) in [5.74, 6) is 0. The minimum absolute atomic E-state index is 0. The second-order valence-electron chi connectivity index (χ2n) is 3.33. The van der Waals surface area contributed by atoms with Crippen molar-refractivity contribution in [1.82, 2.24) is 4.31 Å². The van der Waals surface area contributed by atoms with E-state index in [0.717, 1.165) is 15.4 Å². The Morgan fingerprint density at radius 3 is 2.40 bits per heavy atom. The highest BCUT2D eigenvalue weighted by molar-refractivity contribution is 7.83. The first-order chi connectivity index (χ1) is 6.57. The summed E-state index contributed by atoms with van der Waals surface area (Å²) < 4.78 is 31.7. The SMILES string of the molecule is Cl.O=S(=O)(O)N1CCc2ccccc2C1. The van der Waals surface area contributed by atoms with Crippen molar-refractivity contribution in [3.05, 3.63) is 35.4 Å². The van der Waals surface area contributed by atoms with Crippen LogP contribution in [-0.4, -0.2) is 23.8 Å². The van der Waals surface area contributed by atoms with Crippen molar-refractivity contribution < 1.29 is 13.0 Å². The topological polar surface area (TPSA) is 57.6 Å². The van der Waals surface area contributed by atoms with Gasteiger partial charge in [0.05, 0.1) is 0 Å². The van der Waals surface area contributed by atoms with Gasteiger partial charge in [0.25, 0.3) is 0 Å². The van der Waals surface area contributed by atoms with Crippen molar-refractivity contribution >= 4 is 22.7 Å². The summed E-state index contributed by atoms with van der Waals surface area (Å²) >= 11 is 0. The van der Waals surface area contributed by atoms with Gasteiger partial charge in [-0.25, -0.2) is 0 Å². The van der Waals surface area contributed by atoms with Crippen molar-refractivity contribution in [3.63, 3.8) is 0 Å². The molecule has 0 fully saturated rings. The number of rotatable bonds is 1. The Bertz CT molecular complexity index is 446. The lowest BCUT2D eigenvalue weighted by molar-refractivity contribution is 0.336. The normalized spacial score (nSPS) is 16.6. The lowest BCUT2D eigenvalue weighted by atomic mass is 10.0. The molecule has 0 amide bonds. The van der Waals surface area contributed by atoms with Crippen LogP contribution in [0.4, 0.5) is 0 Å². The van der Waals surface area contributed by atoms with E-state index in [1.807, 2.05) is 24.3 Å². The standard InChI is InChI=1S/C9H11NO3S.ClH/c11-14(12,13)10-6-5-8-3-1-2-4-9(8)7-10;/h1-4H,5-7H2,(H,11,12,13);1H. The van der Waals surface area contributed by atoms with Gasteiger partial charge in [-0.1, -0.05) is 24.3 Å². The molecule has 0 radical (unpaired) electrons. The Labute approximate surface area is 95.2 Å². The molecule has 0 aliphatic carbocycles. The minimum atomic E-state index is -4.04. The third kappa shape index (κ3) is 2.69. The van der Waals surface area contributed by atoms with Crippen molar-refractivity contribution in [2.24, 2.45) is 0 Å². The molecule has 1 aliphatic heterocycles. The van der Waals surface area contributed by atoms with Gasteiger partial charge >= 0.3 is 10.3 Å². The fourth-order valence-electron chi connectivity index (χ4n) is 1.67. The number of hydrogen-bond donors (Lipinski definition) is 1.